The van der Waals surface area contributed by atoms with E-state index in [4.69, 9.17) is 0 Å². The highest BCUT2D eigenvalue weighted by Crippen LogP contribution is 2.37. The van der Waals surface area contributed by atoms with Gasteiger partial charge >= 0.3 is 0 Å². The highest BCUT2D eigenvalue weighted by molar-refractivity contribution is 7.91. The molecule has 5 nitrogen and oxygen atoms in total. The fraction of sp³-hybridized carbons (Fsp3) is 0.769. The molecule has 1 aromatic heterocycles. The van der Waals surface area contributed by atoms with E-state index in [1.54, 1.807) is 0 Å². The molecule has 0 bridgehead atoms. The molecule has 1 unspecified atom stereocenters. The summed E-state index contributed by atoms with van der Waals surface area (Å²) in [7, 11) is -2.87. The van der Waals surface area contributed by atoms with E-state index >= 15 is 0 Å². The number of aromatic nitrogens is 2. The smallest absolute Gasteiger partial charge is 0.151 e. The van der Waals surface area contributed by atoms with E-state index in [-0.39, 0.29) is 5.41 Å². The van der Waals surface area contributed by atoms with Gasteiger partial charge in [-0.05, 0) is 26.3 Å². The summed E-state index contributed by atoms with van der Waals surface area (Å²) in [5.41, 5.74) is 1.04. The lowest BCUT2D eigenvalue weighted by Gasteiger charge is -2.33. The van der Waals surface area contributed by atoms with Crippen molar-refractivity contribution in [3.8, 4) is 0 Å². The van der Waals surface area contributed by atoms with Crippen molar-refractivity contribution in [2.24, 2.45) is 5.41 Å². The van der Waals surface area contributed by atoms with Crippen molar-refractivity contribution >= 4 is 9.84 Å². The monoisotopic (exact) mass is 283 g/mol. The van der Waals surface area contributed by atoms with Crippen LogP contribution in [0.3, 0.4) is 0 Å². The van der Waals surface area contributed by atoms with Gasteiger partial charge in [0.1, 0.15) is 0 Å². The van der Waals surface area contributed by atoms with Gasteiger partial charge in [-0.2, -0.15) is 5.10 Å². The average Bonchev–Trinajstić information content (AvgIpc) is 2.80. The summed E-state index contributed by atoms with van der Waals surface area (Å²) in [6.07, 6.45) is 2.58. The maximum Gasteiger partial charge on any atom is 0.151 e. The zero-order valence-electron chi connectivity index (χ0n) is 11.5. The zero-order valence-corrected chi connectivity index (χ0v) is 12.4. The number of fused-ring (bicyclic) bond motifs is 1. The lowest BCUT2D eigenvalue weighted by molar-refractivity contribution is 0.132. The molecule has 1 spiro atoms. The van der Waals surface area contributed by atoms with Gasteiger partial charge in [0.25, 0.3) is 0 Å². The standard InChI is InChI=1S/C13H21N3O2S/c1-11(2)15-7-12-3-5-14-16(12)9-13(8-15)4-6-19(17,18)10-13/h3,5,11H,4,6-10H2,1-2H3. The highest BCUT2D eigenvalue weighted by Gasteiger charge is 2.45. The Hall–Kier alpha value is -0.880. The highest BCUT2D eigenvalue weighted by atomic mass is 32.2. The number of rotatable bonds is 1. The summed E-state index contributed by atoms with van der Waals surface area (Å²) in [5.74, 6) is 0.637. The Balaban J connectivity index is 1.98. The minimum absolute atomic E-state index is 0.152. The van der Waals surface area contributed by atoms with Gasteiger partial charge in [-0.3, -0.25) is 9.58 Å². The van der Waals surface area contributed by atoms with Crippen LogP contribution < -0.4 is 0 Å². The second-order valence-electron chi connectivity index (χ2n) is 6.32. The van der Waals surface area contributed by atoms with Crippen molar-refractivity contribution in [3.05, 3.63) is 18.0 Å². The molecular weight excluding hydrogens is 262 g/mol. The Bertz CT molecular complexity index is 578. The van der Waals surface area contributed by atoms with Crippen LogP contribution in [-0.4, -0.2) is 47.2 Å². The zero-order chi connectivity index (χ0) is 13.7. The first-order valence-electron chi connectivity index (χ1n) is 6.84. The van der Waals surface area contributed by atoms with Crippen molar-refractivity contribution < 1.29 is 8.42 Å². The van der Waals surface area contributed by atoms with E-state index in [0.717, 1.165) is 26.1 Å². The molecule has 3 rings (SSSR count). The average molecular weight is 283 g/mol. The summed E-state index contributed by atoms with van der Waals surface area (Å²) in [5, 5.41) is 4.37. The molecule has 1 aromatic rings. The molecule has 0 aromatic carbocycles. The molecule has 1 saturated heterocycles. The maximum absolute atomic E-state index is 11.9. The lowest BCUT2D eigenvalue weighted by atomic mass is 9.87. The molecule has 3 heterocycles. The van der Waals surface area contributed by atoms with Gasteiger partial charge in [0.2, 0.25) is 0 Å². The van der Waals surface area contributed by atoms with Crippen molar-refractivity contribution in [2.75, 3.05) is 18.1 Å². The molecule has 0 saturated carbocycles. The predicted molar refractivity (Wildman–Crippen MR) is 73.5 cm³/mol. The molecule has 0 aliphatic carbocycles. The summed E-state index contributed by atoms with van der Waals surface area (Å²) in [6.45, 7) is 6.79. The third kappa shape index (κ3) is 2.43. The van der Waals surface area contributed by atoms with Crippen molar-refractivity contribution in [2.45, 2.75) is 39.4 Å². The second kappa shape index (κ2) is 4.31. The second-order valence-corrected chi connectivity index (χ2v) is 8.51. The van der Waals surface area contributed by atoms with Crippen LogP contribution in [0.15, 0.2) is 12.3 Å². The van der Waals surface area contributed by atoms with Gasteiger partial charge in [0.15, 0.2) is 9.84 Å². The summed E-state index contributed by atoms with van der Waals surface area (Å²) in [6, 6.07) is 2.46. The number of hydrogen-bond acceptors (Lipinski definition) is 4. The fourth-order valence-electron chi connectivity index (χ4n) is 3.30. The van der Waals surface area contributed by atoms with Crippen LogP contribution in [0.5, 0.6) is 0 Å². The van der Waals surface area contributed by atoms with Crippen molar-refractivity contribution in [1.82, 2.24) is 14.7 Å². The minimum Gasteiger partial charge on any atom is -0.294 e. The Labute approximate surface area is 114 Å². The predicted octanol–water partition coefficient (Wildman–Crippen LogP) is 0.912. The summed E-state index contributed by atoms with van der Waals surface area (Å²) in [4.78, 5) is 2.38. The van der Waals surface area contributed by atoms with Crippen LogP contribution in [0.4, 0.5) is 0 Å². The van der Waals surface area contributed by atoms with Gasteiger partial charge in [0, 0.05) is 37.3 Å². The van der Waals surface area contributed by atoms with E-state index in [1.165, 1.54) is 5.69 Å². The van der Waals surface area contributed by atoms with Gasteiger partial charge in [-0.1, -0.05) is 0 Å². The van der Waals surface area contributed by atoms with Crippen LogP contribution >= 0.6 is 0 Å². The normalized spacial score (nSPS) is 30.7. The number of sulfone groups is 1. The Morgan fingerprint density at radius 1 is 1.37 bits per heavy atom. The van der Waals surface area contributed by atoms with Crippen LogP contribution in [0.1, 0.15) is 26.0 Å². The largest absolute Gasteiger partial charge is 0.294 e. The Morgan fingerprint density at radius 2 is 2.16 bits per heavy atom. The molecular formula is C13H21N3O2S. The Morgan fingerprint density at radius 3 is 2.79 bits per heavy atom. The van der Waals surface area contributed by atoms with Gasteiger partial charge in [-0.15, -0.1) is 0 Å². The van der Waals surface area contributed by atoms with Gasteiger partial charge in [-0.25, -0.2) is 8.42 Å². The minimum atomic E-state index is -2.87. The first kappa shape index (κ1) is 13.1. The fourth-order valence-corrected chi connectivity index (χ4v) is 5.44. The van der Waals surface area contributed by atoms with Crippen LogP contribution in [0, 0.1) is 5.41 Å². The van der Waals surface area contributed by atoms with Crippen LogP contribution in [-0.2, 0) is 22.9 Å². The summed E-state index contributed by atoms with van der Waals surface area (Å²) < 4.78 is 25.8. The summed E-state index contributed by atoms with van der Waals surface area (Å²) >= 11 is 0. The molecule has 2 aliphatic rings. The lowest BCUT2D eigenvalue weighted by Crippen LogP contribution is -2.41. The van der Waals surface area contributed by atoms with Gasteiger partial charge < -0.3 is 0 Å². The van der Waals surface area contributed by atoms with Crippen LogP contribution in [0.25, 0.3) is 0 Å². The quantitative estimate of drug-likeness (QED) is 0.769. The van der Waals surface area contributed by atoms with Gasteiger partial charge in [0.05, 0.1) is 17.2 Å². The van der Waals surface area contributed by atoms with E-state index in [9.17, 15) is 8.42 Å². The molecule has 2 aliphatic heterocycles. The molecule has 0 radical (unpaired) electrons. The molecule has 0 N–H and O–H groups in total. The molecule has 106 valence electrons. The maximum atomic E-state index is 11.9. The third-order valence-electron chi connectivity index (χ3n) is 4.39. The van der Waals surface area contributed by atoms with Crippen molar-refractivity contribution in [3.63, 3.8) is 0 Å². The third-order valence-corrected chi connectivity index (χ3v) is 6.27. The van der Waals surface area contributed by atoms with Crippen molar-refractivity contribution in [1.29, 1.82) is 0 Å². The number of hydrogen-bond donors (Lipinski definition) is 0. The SMILES string of the molecule is CC(C)N1Cc2ccnn2CC2(CCS(=O)(=O)C2)C1. The Kier molecular flexibility index (Phi) is 2.98. The molecule has 0 amide bonds. The van der Waals surface area contributed by atoms with E-state index in [0.29, 0.717) is 17.5 Å². The van der Waals surface area contributed by atoms with E-state index in [1.807, 2.05) is 16.9 Å². The van der Waals surface area contributed by atoms with E-state index < -0.39 is 9.84 Å². The molecule has 6 heteroatoms. The molecule has 19 heavy (non-hydrogen) atoms. The first-order valence-corrected chi connectivity index (χ1v) is 8.67. The molecule has 1 atom stereocenters. The van der Waals surface area contributed by atoms with Crippen LogP contribution in [0.2, 0.25) is 0 Å². The first-order chi connectivity index (χ1) is 8.89. The topological polar surface area (TPSA) is 55.2 Å². The molecule has 1 fully saturated rings. The van der Waals surface area contributed by atoms with E-state index in [2.05, 4.69) is 23.8 Å². The number of nitrogens with zero attached hydrogens (tertiary/aromatic N) is 3.